The third-order valence-corrected chi connectivity index (χ3v) is 3.68. The Kier molecular flexibility index (Phi) is 3.48. The second kappa shape index (κ2) is 5.44. The quantitative estimate of drug-likeness (QED) is 0.723. The van der Waals surface area contributed by atoms with Crippen LogP contribution in [0.5, 0.6) is 0 Å². The van der Waals surface area contributed by atoms with Crippen LogP contribution in [0.25, 0.3) is 16.9 Å². The van der Waals surface area contributed by atoms with Gasteiger partial charge in [0.15, 0.2) is 0 Å². The van der Waals surface area contributed by atoms with Gasteiger partial charge in [0.05, 0.1) is 5.69 Å². The van der Waals surface area contributed by atoms with Gasteiger partial charge in [-0.2, -0.15) is 0 Å². The minimum Gasteiger partial charge on any atom is -0.378 e. The van der Waals surface area contributed by atoms with E-state index in [0.29, 0.717) is 0 Å². The fourth-order valence-electron chi connectivity index (χ4n) is 2.53. The van der Waals surface area contributed by atoms with E-state index in [-0.39, 0.29) is 0 Å². The summed E-state index contributed by atoms with van der Waals surface area (Å²) >= 11 is 0. The summed E-state index contributed by atoms with van der Waals surface area (Å²) in [6.45, 7) is 2.13. The van der Waals surface area contributed by atoms with Crippen molar-refractivity contribution in [1.29, 1.82) is 0 Å². The molecule has 0 unspecified atom stereocenters. The maximum atomic E-state index is 4.10. The summed E-state index contributed by atoms with van der Waals surface area (Å²) in [6.07, 6.45) is 3.66. The van der Waals surface area contributed by atoms with Gasteiger partial charge in [0.25, 0.3) is 0 Å². The van der Waals surface area contributed by atoms with Crippen LogP contribution in [0.15, 0.2) is 60.9 Å². The monoisotopic (exact) mass is 277 g/mol. The molecule has 3 rings (SSSR count). The number of pyridine rings is 1. The minimum atomic E-state index is 1.18. The number of aromatic nitrogens is 2. The number of hydrogen-bond acceptors (Lipinski definition) is 2. The zero-order valence-corrected chi connectivity index (χ0v) is 12.6. The average Bonchev–Trinajstić information content (AvgIpc) is 2.90. The third kappa shape index (κ3) is 2.55. The molecule has 0 saturated heterocycles. The summed E-state index contributed by atoms with van der Waals surface area (Å²) < 4.78 is 2.27. The molecule has 0 aliphatic rings. The Morgan fingerprint density at radius 2 is 1.52 bits per heavy atom. The SMILES string of the molecule is Cc1ccc(-c2ccncc2)n1-c1ccc(N(C)C)cc1. The van der Waals surface area contributed by atoms with Crippen molar-refractivity contribution in [2.75, 3.05) is 19.0 Å². The molecule has 106 valence electrons. The Hall–Kier alpha value is -2.55. The highest BCUT2D eigenvalue weighted by Gasteiger charge is 2.09. The molecule has 3 aromatic rings. The van der Waals surface area contributed by atoms with E-state index in [9.17, 15) is 0 Å². The van der Waals surface area contributed by atoms with Crippen LogP contribution in [-0.4, -0.2) is 23.6 Å². The van der Waals surface area contributed by atoms with Crippen molar-refractivity contribution in [3.05, 3.63) is 66.6 Å². The second-order valence-corrected chi connectivity index (χ2v) is 5.34. The Bertz CT molecular complexity index is 725. The van der Waals surface area contributed by atoms with E-state index in [1.165, 1.54) is 28.3 Å². The summed E-state index contributed by atoms with van der Waals surface area (Å²) in [5, 5.41) is 0. The lowest BCUT2D eigenvalue weighted by molar-refractivity contribution is 1.02. The Labute approximate surface area is 125 Å². The predicted octanol–water partition coefficient (Wildman–Crippen LogP) is 3.91. The topological polar surface area (TPSA) is 21.1 Å². The van der Waals surface area contributed by atoms with Crippen molar-refractivity contribution in [3.63, 3.8) is 0 Å². The number of aryl methyl sites for hydroxylation is 1. The Morgan fingerprint density at radius 3 is 2.14 bits per heavy atom. The zero-order valence-electron chi connectivity index (χ0n) is 12.6. The van der Waals surface area contributed by atoms with Crippen LogP contribution in [0.4, 0.5) is 5.69 Å². The fraction of sp³-hybridized carbons (Fsp3) is 0.167. The lowest BCUT2D eigenvalue weighted by atomic mass is 10.2. The first-order valence-electron chi connectivity index (χ1n) is 7.03. The summed E-state index contributed by atoms with van der Waals surface area (Å²) in [5.74, 6) is 0. The Balaban J connectivity index is 2.08. The van der Waals surface area contributed by atoms with Crippen LogP contribution in [-0.2, 0) is 0 Å². The molecule has 0 atom stereocenters. The first kappa shape index (κ1) is 13.4. The van der Waals surface area contributed by atoms with Crippen molar-refractivity contribution < 1.29 is 0 Å². The summed E-state index contributed by atoms with van der Waals surface area (Å²) in [6, 6.07) is 17.0. The van der Waals surface area contributed by atoms with Crippen molar-refractivity contribution in [3.8, 4) is 16.9 Å². The van der Waals surface area contributed by atoms with E-state index in [0.717, 1.165) is 0 Å². The van der Waals surface area contributed by atoms with Gasteiger partial charge in [0.2, 0.25) is 0 Å². The summed E-state index contributed by atoms with van der Waals surface area (Å²) in [5.41, 5.74) is 5.96. The number of nitrogens with zero attached hydrogens (tertiary/aromatic N) is 3. The molecular weight excluding hydrogens is 258 g/mol. The van der Waals surface area contributed by atoms with Crippen LogP contribution in [0.3, 0.4) is 0 Å². The van der Waals surface area contributed by atoms with Gasteiger partial charge >= 0.3 is 0 Å². The van der Waals surface area contributed by atoms with Gasteiger partial charge in [-0.15, -0.1) is 0 Å². The highest BCUT2D eigenvalue weighted by molar-refractivity contribution is 5.64. The second-order valence-electron chi connectivity index (χ2n) is 5.34. The molecule has 3 heteroatoms. The summed E-state index contributed by atoms with van der Waals surface area (Å²) in [4.78, 5) is 6.20. The highest BCUT2D eigenvalue weighted by atomic mass is 15.1. The summed E-state index contributed by atoms with van der Waals surface area (Å²) in [7, 11) is 4.11. The largest absolute Gasteiger partial charge is 0.378 e. The first-order chi connectivity index (χ1) is 10.2. The van der Waals surface area contributed by atoms with E-state index < -0.39 is 0 Å². The molecule has 0 aliphatic carbocycles. The van der Waals surface area contributed by atoms with Crippen LogP contribution in [0, 0.1) is 6.92 Å². The Morgan fingerprint density at radius 1 is 0.857 bits per heavy atom. The van der Waals surface area contributed by atoms with Crippen molar-refractivity contribution in [2.45, 2.75) is 6.92 Å². The predicted molar refractivity (Wildman–Crippen MR) is 88.1 cm³/mol. The highest BCUT2D eigenvalue weighted by Crippen LogP contribution is 2.26. The molecule has 0 spiro atoms. The molecule has 1 aromatic carbocycles. The zero-order chi connectivity index (χ0) is 14.8. The van der Waals surface area contributed by atoms with E-state index in [2.05, 4.69) is 71.9 Å². The maximum absolute atomic E-state index is 4.10. The van der Waals surface area contributed by atoms with Gasteiger partial charge in [-0.25, -0.2) is 0 Å². The molecule has 0 saturated carbocycles. The van der Waals surface area contributed by atoms with Crippen molar-refractivity contribution in [2.24, 2.45) is 0 Å². The van der Waals surface area contributed by atoms with Gasteiger partial charge < -0.3 is 9.47 Å². The molecule has 0 radical (unpaired) electrons. The fourth-order valence-corrected chi connectivity index (χ4v) is 2.53. The minimum absolute atomic E-state index is 1.18. The third-order valence-electron chi connectivity index (χ3n) is 3.68. The van der Waals surface area contributed by atoms with Crippen molar-refractivity contribution in [1.82, 2.24) is 9.55 Å². The molecular formula is C18H19N3. The van der Waals surface area contributed by atoms with Crippen LogP contribution in [0.1, 0.15) is 5.69 Å². The normalized spacial score (nSPS) is 10.6. The molecule has 2 heterocycles. The standard InChI is InChI=1S/C18H19N3/c1-14-4-9-18(15-10-12-19-13-11-15)21(14)17-7-5-16(6-8-17)20(2)3/h4-13H,1-3H3. The molecule has 0 N–H and O–H groups in total. The molecule has 2 aromatic heterocycles. The van der Waals surface area contributed by atoms with E-state index in [1.807, 2.05) is 24.5 Å². The molecule has 0 aliphatic heterocycles. The number of hydrogen-bond donors (Lipinski definition) is 0. The number of anilines is 1. The molecule has 0 fully saturated rings. The van der Waals surface area contributed by atoms with Crippen LogP contribution < -0.4 is 4.90 Å². The molecule has 3 nitrogen and oxygen atoms in total. The smallest absolute Gasteiger partial charge is 0.0532 e. The first-order valence-corrected chi connectivity index (χ1v) is 7.03. The molecule has 0 amide bonds. The van der Waals surface area contributed by atoms with E-state index >= 15 is 0 Å². The van der Waals surface area contributed by atoms with Gasteiger partial charge in [0.1, 0.15) is 0 Å². The van der Waals surface area contributed by atoms with Crippen LogP contribution in [0.2, 0.25) is 0 Å². The van der Waals surface area contributed by atoms with Crippen LogP contribution >= 0.6 is 0 Å². The van der Waals surface area contributed by atoms with Gasteiger partial charge in [0, 0.05) is 49.1 Å². The lowest BCUT2D eigenvalue weighted by Crippen LogP contribution is -2.08. The number of rotatable bonds is 3. The number of benzene rings is 1. The average molecular weight is 277 g/mol. The van der Waals surface area contributed by atoms with Gasteiger partial charge in [-0.3, -0.25) is 4.98 Å². The molecule has 0 bridgehead atoms. The van der Waals surface area contributed by atoms with Gasteiger partial charge in [-0.1, -0.05) is 0 Å². The van der Waals surface area contributed by atoms with Crippen molar-refractivity contribution >= 4 is 5.69 Å². The molecule has 21 heavy (non-hydrogen) atoms. The van der Waals surface area contributed by atoms with E-state index in [1.54, 1.807) is 0 Å². The maximum Gasteiger partial charge on any atom is 0.0532 e. The lowest BCUT2D eigenvalue weighted by Gasteiger charge is -2.15. The van der Waals surface area contributed by atoms with E-state index in [4.69, 9.17) is 0 Å². The van der Waals surface area contributed by atoms with Gasteiger partial charge in [-0.05, 0) is 55.5 Å².